The molecule has 3 aromatic rings. The first-order valence-corrected chi connectivity index (χ1v) is 11.4. The first-order chi connectivity index (χ1) is 16.4. The summed E-state index contributed by atoms with van der Waals surface area (Å²) in [6.07, 6.45) is -4.50. The number of aromatic nitrogens is 2. The molecule has 1 N–H and O–H groups in total. The Kier molecular flexibility index (Phi) is 6.14. The molecule has 1 aliphatic heterocycles. The van der Waals surface area contributed by atoms with Gasteiger partial charge in [0.2, 0.25) is 0 Å². The number of hydrogen-bond donors (Lipinski definition) is 1. The largest absolute Gasteiger partial charge is 0.418 e. The van der Waals surface area contributed by atoms with Gasteiger partial charge in [-0.15, -0.1) is 5.10 Å². The summed E-state index contributed by atoms with van der Waals surface area (Å²) in [6, 6.07) is 10.2. The maximum atomic E-state index is 14.1. The predicted molar refractivity (Wildman–Crippen MR) is 132 cm³/mol. The van der Waals surface area contributed by atoms with Gasteiger partial charge in [0.1, 0.15) is 0 Å². The van der Waals surface area contributed by atoms with Crippen molar-refractivity contribution >= 4 is 22.3 Å². The fraction of sp³-hybridized carbons (Fsp3) is 0.423. The lowest BCUT2D eigenvalue weighted by atomic mass is 9.89. The highest BCUT2D eigenvalue weighted by Crippen LogP contribution is 2.44. The van der Waals surface area contributed by atoms with Gasteiger partial charge < -0.3 is 15.1 Å². The van der Waals surface area contributed by atoms with Gasteiger partial charge >= 0.3 is 6.18 Å². The number of anilines is 2. The summed E-state index contributed by atoms with van der Waals surface area (Å²) in [5, 5.41) is 22.1. The van der Waals surface area contributed by atoms with Crippen LogP contribution in [0.4, 0.5) is 24.7 Å². The van der Waals surface area contributed by atoms with Crippen LogP contribution in [0, 0.1) is 25.2 Å². The van der Waals surface area contributed by atoms with Gasteiger partial charge in [0.15, 0.2) is 5.82 Å². The quantitative estimate of drug-likeness (QED) is 0.522. The number of nitrogens with one attached hydrogen (secondary N) is 1. The molecule has 0 saturated carbocycles. The van der Waals surface area contributed by atoms with Gasteiger partial charge in [0.25, 0.3) is 0 Å². The van der Waals surface area contributed by atoms with Crippen molar-refractivity contribution in [3.63, 3.8) is 0 Å². The molecule has 9 heteroatoms. The van der Waals surface area contributed by atoms with Crippen molar-refractivity contribution in [2.45, 2.75) is 45.5 Å². The SMILES string of the molecule is Cc1c(C#N)cccc1C(C)Nc1nnc(C)c2cc(C(F)(F)F)c(N3CC(C)(N(C)C)C3)cc12. The van der Waals surface area contributed by atoms with Crippen molar-refractivity contribution in [2.24, 2.45) is 0 Å². The summed E-state index contributed by atoms with van der Waals surface area (Å²) in [7, 11) is 3.88. The Hall–Kier alpha value is -3.38. The van der Waals surface area contributed by atoms with Crippen LogP contribution >= 0.6 is 0 Å². The zero-order valence-corrected chi connectivity index (χ0v) is 20.7. The van der Waals surface area contributed by atoms with E-state index in [1.807, 2.05) is 51.9 Å². The van der Waals surface area contributed by atoms with Gasteiger partial charge in [-0.05, 0) is 71.1 Å². The molecule has 184 valence electrons. The molecule has 0 spiro atoms. The normalized spacial score (nSPS) is 16.2. The second kappa shape index (κ2) is 8.68. The highest BCUT2D eigenvalue weighted by Gasteiger charge is 2.44. The first-order valence-electron chi connectivity index (χ1n) is 11.4. The molecular weight excluding hydrogens is 453 g/mol. The van der Waals surface area contributed by atoms with Crippen molar-refractivity contribution in [3.8, 4) is 6.07 Å². The zero-order chi connectivity index (χ0) is 25.7. The Labute approximate surface area is 203 Å². The van der Waals surface area contributed by atoms with Crippen molar-refractivity contribution in [1.29, 1.82) is 5.26 Å². The van der Waals surface area contributed by atoms with Crippen LogP contribution in [-0.2, 0) is 6.18 Å². The number of hydrogen-bond acceptors (Lipinski definition) is 6. The second-order valence-corrected chi connectivity index (χ2v) is 9.79. The van der Waals surface area contributed by atoms with E-state index in [9.17, 15) is 18.4 Å². The van der Waals surface area contributed by atoms with Crippen LogP contribution in [0.5, 0.6) is 0 Å². The van der Waals surface area contributed by atoms with Crippen LogP contribution in [0.25, 0.3) is 10.8 Å². The molecule has 6 nitrogen and oxygen atoms in total. The zero-order valence-electron chi connectivity index (χ0n) is 20.7. The second-order valence-electron chi connectivity index (χ2n) is 9.79. The minimum absolute atomic E-state index is 0.148. The smallest absolute Gasteiger partial charge is 0.367 e. The number of nitrogens with zero attached hydrogens (tertiary/aromatic N) is 5. The molecule has 1 saturated heterocycles. The van der Waals surface area contributed by atoms with E-state index in [2.05, 4.69) is 21.6 Å². The lowest BCUT2D eigenvalue weighted by Crippen LogP contribution is -2.67. The van der Waals surface area contributed by atoms with Gasteiger partial charge in [-0.1, -0.05) is 12.1 Å². The van der Waals surface area contributed by atoms with Gasteiger partial charge in [0.05, 0.1) is 34.5 Å². The number of benzene rings is 2. The van der Waals surface area contributed by atoms with E-state index in [1.54, 1.807) is 24.0 Å². The number of likely N-dealkylation sites (N-methyl/N-ethyl adjacent to an activating group) is 1. The lowest BCUT2D eigenvalue weighted by molar-refractivity contribution is -0.137. The summed E-state index contributed by atoms with van der Waals surface area (Å²) in [5.41, 5.74) is 2.06. The number of halogens is 3. The molecule has 35 heavy (non-hydrogen) atoms. The summed E-state index contributed by atoms with van der Waals surface area (Å²) in [6.45, 7) is 8.50. The minimum Gasteiger partial charge on any atom is -0.367 e. The molecule has 0 radical (unpaired) electrons. The maximum absolute atomic E-state index is 14.1. The van der Waals surface area contributed by atoms with Gasteiger partial charge in [0, 0.05) is 29.5 Å². The molecule has 1 aliphatic rings. The number of alkyl halides is 3. The molecular formula is C26H29F3N6. The van der Waals surface area contributed by atoms with Gasteiger partial charge in [-0.2, -0.15) is 23.5 Å². The Morgan fingerprint density at radius 3 is 2.43 bits per heavy atom. The number of fused-ring (bicyclic) bond motifs is 1. The molecule has 1 atom stereocenters. The van der Waals surface area contributed by atoms with Crippen LogP contribution in [-0.4, -0.2) is 47.8 Å². The van der Waals surface area contributed by atoms with Crippen LogP contribution in [0.3, 0.4) is 0 Å². The number of rotatable bonds is 5. The van der Waals surface area contributed by atoms with E-state index in [4.69, 9.17) is 0 Å². The fourth-order valence-corrected chi connectivity index (χ4v) is 4.67. The van der Waals surface area contributed by atoms with Gasteiger partial charge in [-0.25, -0.2) is 0 Å². The third-order valence-electron chi connectivity index (χ3n) is 7.19. The Balaban J connectivity index is 1.80. The van der Waals surface area contributed by atoms with Crippen molar-refractivity contribution in [2.75, 3.05) is 37.4 Å². The van der Waals surface area contributed by atoms with Crippen molar-refractivity contribution in [1.82, 2.24) is 15.1 Å². The van der Waals surface area contributed by atoms with Crippen molar-refractivity contribution < 1.29 is 13.2 Å². The van der Waals surface area contributed by atoms with Crippen molar-refractivity contribution in [3.05, 3.63) is 58.3 Å². The van der Waals surface area contributed by atoms with Crippen LogP contribution in [0.15, 0.2) is 30.3 Å². The molecule has 2 heterocycles. The minimum atomic E-state index is -4.50. The molecule has 0 aliphatic carbocycles. The summed E-state index contributed by atoms with van der Waals surface area (Å²) >= 11 is 0. The number of nitriles is 1. The van der Waals surface area contributed by atoms with Gasteiger partial charge in [-0.3, -0.25) is 0 Å². The first kappa shape index (κ1) is 24.7. The Morgan fingerprint density at radius 2 is 1.83 bits per heavy atom. The predicted octanol–water partition coefficient (Wildman–Crippen LogP) is 5.45. The average Bonchev–Trinajstić information content (AvgIpc) is 2.77. The highest BCUT2D eigenvalue weighted by atomic mass is 19.4. The van der Waals surface area contributed by atoms with E-state index < -0.39 is 11.7 Å². The molecule has 1 aromatic heterocycles. The maximum Gasteiger partial charge on any atom is 0.418 e. The van der Waals surface area contributed by atoms with E-state index in [0.29, 0.717) is 40.9 Å². The summed E-state index contributed by atoms with van der Waals surface area (Å²) in [4.78, 5) is 3.81. The molecule has 4 rings (SSSR count). The monoisotopic (exact) mass is 482 g/mol. The third-order valence-corrected chi connectivity index (χ3v) is 7.19. The molecule has 0 amide bonds. The lowest BCUT2D eigenvalue weighted by Gasteiger charge is -2.53. The molecule has 0 bridgehead atoms. The van der Waals surface area contributed by atoms with E-state index >= 15 is 0 Å². The van der Waals surface area contributed by atoms with E-state index in [0.717, 1.165) is 11.1 Å². The van der Waals surface area contributed by atoms with Crippen LogP contribution in [0.1, 0.15) is 47.8 Å². The van der Waals surface area contributed by atoms with Crippen LogP contribution in [0.2, 0.25) is 0 Å². The summed E-state index contributed by atoms with van der Waals surface area (Å²) < 4.78 is 42.3. The average molecular weight is 483 g/mol. The Bertz CT molecular complexity index is 1320. The molecule has 2 aromatic carbocycles. The Morgan fingerprint density at radius 1 is 1.14 bits per heavy atom. The molecule has 1 unspecified atom stereocenters. The van der Waals surface area contributed by atoms with E-state index in [-0.39, 0.29) is 17.3 Å². The number of aryl methyl sites for hydroxylation is 1. The summed E-state index contributed by atoms with van der Waals surface area (Å²) in [5.74, 6) is 0.408. The van der Waals surface area contributed by atoms with E-state index in [1.165, 1.54) is 6.07 Å². The third kappa shape index (κ3) is 4.39. The fourth-order valence-electron chi connectivity index (χ4n) is 4.67. The standard InChI is InChI=1S/C26H29F3N6/c1-15-18(12-30)8-7-9-19(15)16(2)31-24-21-11-23(35-13-25(4,14-35)34(5)6)22(26(27,28)29)10-20(21)17(3)32-33-24/h7-11,16H,13-14H2,1-6H3,(H,31,33). The van der Waals surface area contributed by atoms with Crippen LogP contribution < -0.4 is 10.2 Å². The highest BCUT2D eigenvalue weighted by molar-refractivity contribution is 5.97. The topological polar surface area (TPSA) is 68.1 Å². The molecule has 1 fully saturated rings.